The van der Waals surface area contributed by atoms with Gasteiger partial charge in [0, 0.05) is 25.2 Å². The molecule has 0 unspecified atom stereocenters. The summed E-state index contributed by atoms with van der Waals surface area (Å²) in [6.45, 7) is 15.8. The van der Waals surface area contributed by atoms with E-state index in [0.717, 1.165) is 38.5 Å². The van der Waals surface area contributed by atoms with Gasteiger partial charge in [0.15, 0.2) is 0 Å². The van der Waals surface area contributed by atoms with Crippen LogP contribution in [0.25, 0.3) is 0 Å². The molecule has 21 heavy (non-hydrogen) atoms. The minimum atomic E-state index is 0.662. The van der Waals surface area contributed by atoms with E-state index in [2.05, 4.69) is 55.8 Å². The quantitative estimate of drug-likeness (QED) is 0.633. The predicted octanol–water partition coefficient (Wildman–Crippen LogP) is 3.32. The zero-order valence-electron chi connectivity index (χ0n) is 13.8. The summed E-state index contributed by atoms with van der Waals surface area (Å²) >= 11 is 0. The minimum Gasteiger partial charge on any atom is -0.492 e. The summed E-state index contributed by atoms with van der Waals surface area (Å²) in [5.41, 5.74) is 1.23. The Morgan fingerprint density at radius 2 is 2.10 bits per heavy atom. The summed E-state index contributed by atoms with van der Waals surface area (Å²) in [5, 5.41) is 3.47. The van der Waals surface area contributed by atoms with Crippen LogP contribution in [0.2, 0.25) is 0 Å². The number of rotatable bonds is 11. The third-order valence-corrected chi connectivity index (χ3v) is 3.34. The Morgan fingerprint density at radius 3 is 2.76 bits per heavy atom. The SMILES string of the molecule is C=CCN(CC)CCOc1ccccc1CNCC(C)C. The van der Waals surface area contributed by atoms with Gasteiger partial charge in [-0.1, -0.05) is 45.0 Å². The average molecular weight is 290 g/mol. The van der Waals surface area contributed by atoms with E-state index in [-0.39, 0.29) is 0 Å². The second-order valence-electron chi connectivity index (χ2n) is 5.66. The third-order valence-electron chi connectivity index (χ3n) is 3.34. The van der Waals surface area contributed by atoms with Crippen LogP contribution in [0.1, 0.15) is 26.3 Å². The molecule has 0 bridgehead atoms. The fourth-order valence-corrected chi connectivity index (χ4v) is 2.13. The van der Waals surface area contributed by atoms with Crippen molar-refractivity contribution in [3.8, 4) is 5.75 Å². The largest absolute Gasteiger partial charge is 0.492 e. The summed E-state index contributed by atoms with van der Waals surface area (Å²) in [5.74, 6) is 1.65. The highest BCUT2D eigenvalue weighted by Gasteiger charge is 2.05. The first-order valence-electron chi connectivity index (χ1n) is 7.92. The number of hydrogen-bond donors (Lipinski definition) is 1. The van der Waals surface area contributed by atoms with Crippen LogP contribution in [0.15, 0.2) is 36.9 Å². The van der Waals surface area contributed by atoms with Crippen LogP contribution in [0.3, 0.4) is 0 Å². The molecule has 1 rings (SSSR count). The summed E-state index contributed by atoms with van der Waals surface area (Å²) in [6, 6.07) is 8.28. The van der Waals surface area contributed by atoms with E-state index >= 15 is 0 Å². The van der Waals surface area contributed by atoms with Crippen LogP contribution >= 0.6 is 0 Å². The van der Waals surface area contributed by atoms with Gasteiger partial charge in [-0.15, -0.1) is 6.58 Å². The molecule has 1 N–H and O–H groups in total. The molecular weight excluding hydrogens is 260 g/mol. The van der Waals surface area contributed by atoms with E-state index < -0.39 is 0 Å². The first kappa shape index (κ1) is 17.7. The number of nitrogens with zero attached hydrogens (tertiary/aromatic N) is 1. The molecule has 0 amide bonds. The fourth-order valence-electron chi connectivity index (χ4n) is 2.13. The van der Waals surface area contributed by atoms with Gasteiger partial charge in [0.25, 0.3) is 0 Å². The Morgan fingerprint density at radius 1 is 1.33 bits per heavy atom. The van der Waals surface area contributed by atoms with Crippen molar-refractivity contribution in [2.45, 2.75) is 27.3 Å². The average Bonchev–Trinajstić information content (AvgIpc) is 2.47. The van der Waals surface area contributed by atoms with Crippen molar-refractivity contribution >= 4 is 0 Å². The van der Waals surface area contributed by atoms with Crippen LogP contribution in [0.5, 0.6) is 5.75 Å². The topological polar surface area (TPSA) is 24.5 Å². The molecule has 3 heteroatoms. The molecule has 0 saturated carbocycles. The van der Waals surface area contributed by atoms with Crippen molar-refractivity contribution in [1.29, 1.82) is 0 Å². The molecular formula is C18H30N2O. The molecule has 3 nitrogen and oxygen atoms in total. The highest BCUT2D eigenvalue weighted by atomic mass is 16.5. The standard InChI is InChI=1S/C18H30N2O/c1-5-11-20(6-2)12-13-21-18-10-8-7-9-17(18)15-19-14-16(3)4/h5,7-10,16,19H,1,6,11-15H2,2-4H3. The second kappa shape index (κ2) is 10.4. The zero-order valence-corrected chi connectivity index (χ0v) is 13.8. The van der Waals surface area contributed by atoms with Gasteiger partial charge < -0.3 is 10.1 Å². The van der Waals surface area contributed by atoms with Gasteiger partial charge in [0.05, 0.1) is 0 Å². The Balaban J connectivity index is 2.44. The zero-order chi connectivity index (χ0) is 15.5. The number of nitrogens with one attached hydrogen (secondary N) is 1. The summed E-state index contributed by atoms with van der Waals surface area (Å²) < 4.78 is 5.96. The Kier molecular flexibility index (Phi) is 8.79. The molecule has 0 spiro atoms. The molecule has 0 aromatic heterocycles. The van der Waals surface area contributed by atoms with E-state index in [0.29, 0.717) is 12.5 Å². The minimum absolute atomic E-state index is 0.662. The molecule has 0 aliphatic carbocycles. The Bertz CT molecular complexity index is 404. The third kappa shape index (κ3) is 7.30. The predicted molar refractivity (Wildman–Crippen MR) is 90.8 cm³/mol. The van der Waals surface area contributed by atoms with Gasteiger partial charge in [0.2, 0.25) is 0 Å². The van der Waals surface area contributed by atoms with E-state index in [9.17, 15) is 0 Å². The van der Waals surface area contributed by atoms with Crippen molar-refractivity contribution in [1.82, 2.24) is 10.2 Å². The smallest absolute Gasteiger partial charge is 0.123 e. The molecule has 0 fully saturated rings. The van der Waals surface area contributed by atoms with E-state index in [1.165, 1.54) is 5.56 Å². The van der Waals surface area contributed by atoms with Crippen LogP contribution in [0, 0.1) is 5.92 Å². The van der Waals surface area contributed by atoms with Crippen LogP contribution in [0.4, 0.5) is 0 Å². The van der Waals surface area contributed by atoms with Gasteiger partial charge in [-0.25, -0.2) is 0 Å². The summed E-state index contributed by atoms with van der Waals surface area (Å²) in [4.78, 5) is 2.31. The lowest BCUT2D eigenvalue weighted by atomic mass is 10.2. The summed E-state index contributed by atoms with van der Waals surface area (Å²) in [7, 11) is 0. The van der Waals surface area contributed by atoms with Crippen molar-refractivity contribution in [3.63, 3.8) is 0 Å². The number of hydrogen-bond acceptors (Lipinski definition) is 3. The van der Waals surface area contributed by atoms with Gasteiger partial charge in [-0.05, 0) is 25.1 Å². The molecule has 118 valence electrons. The molecule has 0 heterocycles. The lowest BCUT2D eigenvalue weighted by Crippen LogP contribution is -2.28. The van der Waals surface area contributed by atoms with Gasteiger partial charge in [-0.2, -0.15) is 0 Å². The highest BCUT2D eigenvalue weighted by molar-refractivity contribution is 5.33. The van der Waals surface area contributed by atoms with Crippen molar-refractivity contribution < 1.29 is 4.74 Å². The van der Waals surface area contributed by atoms with Crippen molar-refractivity contribution in [3.05, 3.63) is 42.5 Å². The van der Waals surface area contributed by atoms with Crippen LogP contribution < -0.4 is 10.1 Å². The normalized spacial score (nSPS) is 11.1. The Hall–Kier alpha value is -1.32. The Labute approximate surface area is 130 Å². The molecule has 0 aliphatic rings. The van der Waals surface area contributed by atoms with Gasteiger partial charge in [0.1, 0.15) is 12.4 Å². The van der Waals surface area contributed by atoms with Crippen LogP contribution in [-0.4, -0.2) is 37.7 Å². The maximum atomic E-state index is 5.96. The molecule has 1 aromatic rings. The van der Waals surface area contributed by atoms with Gasteiger partial charge in [-0.3, -0.25) is 4.90 Å². The van der Waals surface area contributed by atoms with Crippen molar-refractivity contribution in [2.75, 3.05) is 32.8 Å². The number of likely N-dealkylation sites (N-methyl/N-ethyl adjacent to an activating group) is 1. The monoisotopic (exact) mass is 290 g/mol. The van der Waals surface area contributed by atoms with E-state index in [1.54, 1.807) is 0 Å². The summed E-state index contributed by atoms with van der Waals surface area (Å²) in [6.07, 6.45) is 1.94. The fraction of sp³-hybridized carbons (Fsp3) is 0.556. The highest BCUT2D eigenvalue weighted by Crippen LogP contribution is 2.17. The lowest BCUT2D eigenvalue weighted by molar-refractivity contribution is 0.228. The molecule has 0 aliphatic heterocycles. The van der Waals surface area contributed by atoms with E-state index in [1.807, 2.05) is 12.1 Å². The van der Waals surface area contributed by atoms with E-state index in [4.69, 9.17) is 4.74 Å². The first-order valence-corrected chi connectivity index (χ1v) is 7.92. The van der Waals surface area contributed by atoms with Gasteiger partial charge >= 0.3 is 0 Å². The van der Waals surface area contributed by atoms with Crippen LogP contribution in [-0.2, 0) is 6.54 Å². The lowest BCUT2D eigenvalue weighted by Gasteiger charge is -2.19. The molecule has 1 aromatic carbocycles. The maximum absolute atomic E-state index is 5.96. The second-order valence-corrected chi connectivity index (χ2v) is 5.66. The molecule has 0 atom stereocenters. The number of benzene rings is 1. The van der Waals surface area contributed by atoms with Crippen molar-refractivity contribution in [2.24, 2.45) is 5.92 Å². The number of ether oxygens (including phenoxy) is 1. The molecule has 0 radical (unpaired) electrons. The first-order chi connectivity index (χ1) is 10.2. The molecule has 0 saturated heterocycles. The maximum Gasteiger partial charge on any atom is 0.123 e. The number of para-hydroxylation sites is 1.